The van der Waals surface area contributed by atoms with Gasteiger partial charge in [-0.15, -0.1) is 0 Å². The van der Waals surface area contributed by atoms with Crippen molar-refractivity contribution >= 4 is 10.8 Å². The summed E-state index contributed by atoms with van der Waals surface area (Å²) in [4.78, 5) is 0. The fourth-order valence-corrected chi connectivity index (χ4v) is 5.99. The van der Waals surface area contributed by atoms with E-state index in [9.17, 15) is 0 Å². The van der Waals surface area contributed by atoms with Crippen LogP contribution in [0.15, 0.2) is 60.7 Å². The van der Waals surface area contributed by atoms with Gasteiger partial charge in [-0.25, -0.2) is 0 Å². The standard InChI is InChI=1S/C28H32O/c1-29-28-14-13-26(25-12-11-23-7-2-3-8-24(23)18-25)19-27(28)10-9-22-16-20-5-4-6-21(15-20)17-22/h2-3,7-8,11-14,18-22H,4-6,9-10,15-17H2,1H3. The van der Waals surface area contributed by atoms with Crippen molar-refractivity contribution in [2.75, 3.05) is 7.11 Å². The van der Waals surface area contributed by atoms with Crippen molar-refractivity contribution < 1.29 is 4.74 Å². The summed E-state index contributed by atoms with van der Waals surface area (Å²) in [7, 11) is 1.81. The largest absolute Gasteiger partial charge is 0.496 e. The second-order valence-electron chi connectivity index (χ2n) is 9.36. The summed E-state index contributed by atoms with van der Waals surface area (Å²) >= 11 is 0. The molecule has 2 saturated carbocycles. The minimum atomic E-state index is 0.910. The highest BCUT2D eigenvalue weighted by Gasteiger charge is 2.31. The zero-order chi connectivity index (χ0) is 19.6. The van der Waals surface area contributed by atoms with E-state index in [2.05, 4.69) is 60.7 Å². The minimum Gasteiger partial charge on any atom is -0.496 e. The predicted molar refractivity (Wildman–Crippen MR) is 122 cm³/mol. The van der Waals surface area contributed by atoms with E-state index in [1.807, 2.05) is 0 Å². The lowest BCUT2D eigenvalue weighted by Gasteiger charge is -2.39. The zero-order valence-electron chi connectivity index (χ0n) is 17.6. The van der Waals surface area contributed by atoms with E-state index >= 15 is 0 Å². The molecule has 2 unspecified atom stereocenters. The summed E-state index contributed by atoms with van der Waals surface area (Å²) < 4.78 is 5.72. The molecule has 2 atom stereocenters. The molecule has 0 radical (unpaired) electrons. The van der Waals surface area contributed by atoms with Crippen molar-refractivity contribution in [3.63, 3.8) is 0 Å². The quantitative estimate of drug-likeness (QED) is 0.438. The number of methoxy groups -OCH3 is 1. The van der Waals surface area contributed by atoms with Gasteiger partial charge in [0.15, 0.2) is 0 Å². The topological polar surface area (TPSA) is 9.23 Å². The Kier molecular flexibility index (Phi) is 5.31. The minimum absolute atomic E-state index is 0.910. The van der Waals surface area contributed by atoms with Crippen molar-refractivity contribution in [1.29, 1.82) is 0 Å². The van der Waals surface area contributed by atoms with Gasteiger partial charge in [-0.05, 0) is 95.5 Å². The molecule has 0 N–H and O–H groups in total. The summed E-state index contributed by atoms with van der Waals surface area (Å²) in [5, 5.41) is 2.60. The molecule has 29 heavy (non-hydrogen) atoms. The Morgan fingerprint density at radius 3 is 2.31 bits per heavy atom. The third-order valence-corrected chi connectivity index (χ3v) is 7.41. The average Bonchev–Trinajstić information content (AvgIpc) is 2.77. The van der Waals surface area contributed by atoms with Crippen LogP contribution in [-0.4, -0.2) is 7.11 Å². The summed E-state index contributed by atoms with van der Waals surface area (Å²) in [6, 6.07) is 22.1. The number of benzene rings is 3. The normalized spacial score (nSPS) is 23.8. The van der Waals surface area contributed by atoms with Crippen LogP contribution >= 0.6 is 0 Å². The van der Waals surface area contributed by atoms with Crippen LogP contribution in [0, 0.1) is 17.8 Å². The maximum Gasteiger partial charge on any atom is 0.122 e. The Bertz CT molecular complexity index is 977. The molecular weight excluding hydrogens is 352 g/mol. The molecule has 0 aromatic heterocycles. The van der Waals surface area contributed by atoms with Crippen molar-refractivity contribution in [1.82, 2.24) is 0 Å². The maximum absolute atomic E-state index is 5.72. The van der Waals surface area contributed by atoms with Crippen molar-refractivity contribution in [2.45, 2.75) is 51.4 Å². The molecule has 2 fully saturated rings. The molecule has 3 aromatic carbocycles. The van der Waals surface area contributed by atoms with Gasteiger partial charge in [-0.2, -0.15) is 0 Å². The first-order valence-corrected chi connectivity index (χ1v) is 11.4. The van der Waals surface area contributed by atoms with Gasteiger partial charge in [0, 0.05) is 0 Å². The molecule has 0 aliphatic heterocycles. The third-order valence-electron chi connectivity index (χ3n) is 7.41. The molecule has 0 heterocycles. The lowest BCUT2D eigenvalue weighted by Crippen LogP contribution is -2.27. The number of aryl methyl sites for hydroxylation is 1. The fraction of sp³-hybridized carbons (Fsp3) is 0.429. The second-order valence-corrected chi connectivity index (χ2v) is 9.36. The van der Waals surface area contributed by atoms with Gasteiger partial charge in [0.25, 0.3) is 0 Å². The van der Waals surface area contributed by atoms with Crippen LogP contribution in [0.3, 0.4) is 0 Å². The molecule has 2 bridgehead atoms. The van der Waals surface area contributed by atoms with E-state index in [1.54, 1.807) is 7.11 Å². The molecule has 2 aliphatic carbocycles. The number of rotatable bonds is 5. The van der Waals surface area contributed by atoms with Gasteiger partial charge < -0.3 is 4.74 Å². The highest BCUT2D eigenvalue weighted by Crippen LogP contribution is 2.44. The first kappa shape index (κ1) is 18.7. The van der Waals surface area contributed by atoms with Crippen LogP contribution in [0.25, 0.3) is 21.9 Å². The first-order chi connectivity index (χ1) is 14.3. The molecule has 150 valence electrons. The maximum atomic E-state index is 5.72. The Balaban J connectivity index is 1.36. The van der Waals surface area contributed by atoms with Gasteiger partial charge in [0.05, 0.1) is 7.11 Å². The van der Waals surface area contributed by atoms with Crippen molar-refractivity contribution in [3.8, 4) is 16.9 Å². The summed E-state index contributed by atoms with van der Waals surface area (Å²) in [5.74, 6) is 3.98. The molecule has 5 rings (SSSR count). The molecule has 0 amide bonds. The van der Waals surface area contributed by atoms with Crippen molar-refractivity contribution in [2.24, 2.45) is 17.8 Å². The van der Waals surface area contributed by atoms with Crippen LogP contribution in [0.2, 0.25) is 0 Å². The summed E-state index contributed by atoms with van der Waals surface area (Å²) in [5.41, 5.74) is 3.96. The van der Waals surface area contributed by atoms with Crippen LogP contribution in [0.1, 0.15) is 50.5 Å². The lowest BCUT2D eigenvalue weighted by molar-refractivity contribution is 0.132. The van der Waals surface area contributed by atoms with E-state index in [1.165, 1.54) is 72.4 Å². The van der Waals surface area contributed by atoms with Gasteiger partial charge in [-0.3, -0.25) is 0 Å². The molecule has 3 aromatic rings. The van der Waals surface area contributed by atoms with E-state index in [4.69, 9.17) is 4.74 Å². The molecular formula is C28H32O. The highest BCUT2D eigenvalue weighted by molar-refractivity contribution is 5.87. The van der Waals surface area contributed by atoms with Crippen LogP contribution in [-0.2, 0) is 6.42 Å². The number of ether oxygens (including phenoxy) is 1. The molecule has 1 heteroatoms. The summed E-state index contributed by atoms with van der Waals surface area (Å²) in [6.07, 6.45) is 11.3. The van der Waals surface area contributed by atoms with Crippen LogP contribution in [0.4, 0.5) is 0 Å². The van der Waals surface area contributed by atoms with E-state index in [-0.39, 0.29) is 0 Å². The van der Waals surface area contributed by atoms with Gasteiger partial charge >= 0.3 is 0 Å². The molecule has 0 spiro atoms. The Morgan fingerprint density at radius 2 is 1.52 bits per heavy atom. The average molecular weight is 385 g/mol. The van der Waals surface area contributed by atoms with Crippen molar-refractivity contribution in [3.05, 3.63) is 66.2 Å². The van der Waals surface area contributed by atoms with Gasteiger partial charge in [0.1, 0.15) is 5.75 Å². The zero-order valence-corrected chi connectivity index (χ0v) is 17.6. The first-order valence-electron chi connectivity index (χ1n) is 11.4. The number of fused-ring (bicyclic) bond motifs is 3. The van der Waals surface area contributed by atoms with E-state index in [0.717, 1.165) is 29.9 Å². The monoisotopic (exact) mass is 384 g/mol. The Labute approximate surface area is 175 Å². The number of hydrogen-bond acceptors (Lipinski definition) is 1. The van der Waals surface area contributed by atoms with Gasteiger partial charge in [0.2, 0.25) is 0 Å². The third kappa shape index (κ3) is 4.06. The molecule has 1 nitrogen and oxygen atoms in total. The SMILES string of the molecule is COc1ccc(-c2ccc3ccccc3c2)cc1CCC1CC2CCCC(C2)C1. The lowest BCUT2D eigenvalue weighted by atomic mass is 9.67. The summed E-state index contributed by atoms with van der Waals surface area (Å²) in [6.45, 7) is 0. The van der Waals surface area contributed by atoms with Crippen LogP contribution in [0.5, 0.6) is 5.75 Å². The highest BCUT2D eigenvalue weighted by atomic mass is 16.5. The van der Waals surface area contributed by atoms with E-state index in [0.29, 0.717) is 0 Å². The van der Waals surface area contributed by atoms with Gasteiger partial charge in [-0.1, -0.05) is 61.7 Å². The fourth-order valence-electron chi connectivity index (χ4n) is 5.99. The Morgan fingerprint density at radius 1 is 0.793 bits per heavy atom. The predicted octanol–water partition coefficient (Wildman–Crippen LogP) is 7.66. The smallest absolute Gasteiger partial charge is 0.122 e. The number of hydrogen-bond donors (Lipinski definition) is 0. The van der Waals surface area contributed by atoms with E-state index < -0.39 is 0 Å². The second kappa shape index (κ2) is 8.22. The Hall–Kier alpha value is -2.28. The molecule has 0 saturated heterocycles. The van der Waals surface area contributed by atoms with Crippen LogP contribution < -0.4 is 4.74 Å². The molecule has 2 aliphatic rings.